The highest BCUT2D eigenvalue weighted by Crippen LogP contribution is 2.08. The van der Waals surface area contributed by atoms with E-state index in [4.69, 9.17) is 31.8 Å². The summed E-state index contributed by atoms with van der Waals surface area (Å²) < 4.78 is 33.1. The molecule has 198 valence electrons. The van der Waals surface area contributed by atoms with Gasteiger partial charge in [-0.25, -0.2) is 13.6 Å². The number of nitrogens with one attached hydrogen (secondary N) is 2. The Morgan fingerprint density at radius 1 is 0.886 bits per heavy atom. The van der Waals surface area contributed by atoms with Crippen molar-refractivity contribution in [1.29, 1.82) is 0 Å². The van der Waals surface area contributed by atoms with Crippen molar-refractivity contribution in [2.24, 2.45) is 22.3 Å². The van der Waals surface area contributed by atoms with Crippen molar-refractivity contribution in [1.82, 2.24) is 10.6 Å². The van der Waals surface area contributed by atoms with Crippen LogP contribution in [0, 0.1) is 0 Å². The number of hydrogen-bond donors (Lipinski definition) is 6. The summed E-state index contributed by atoms with van der Waals surface area (Å²) in [5.41, 5.74) is 17.1. The molecule has 35 heavy (non-hydrogen) atoms. The average molecular weight is 517 g/mol. The van der Waals surface area contributed by atoms with E-state index in [9.17, 15) is 22.8 Å². The number of Topliss-reactive ketones (excluding diaryl/α,β-unsaturated/α-hetero) is 1. The molecule has 1 aromatic carbocycles. The zero-order valence-corrected chi connectivity index (χ0v) is 20.4. The summed E-state index contributed by atoms with van der Waals surface area (Å²) in [6.45, 7) is 1.89. The predicted molar refractivity (Wildman–Crippen MR) is 129 cm³/mol. The monoisotopic (exact) mass is 516 g/mol. The Kier molecular flexibility index (Phi) is 14.2. The Hall–Kier alpha value is -2.46. The van der Waals surface area contributed by atoms with Crippen LogP contribution in [0.3, 0.4) is 0 Å². The minimum Gasteiger partial charge on any atom is -0.377 e. The highest BCUT2D eigenvalue weighted by atomic mass is 32.2. The predicted octanol–water partition coefficient (Wildman–Crippen LogP) is -2.43. The Labute approximate surface area is 205 Å². The number of nitrogens with two attached hydrogens (primary N) is 4. The molecule has 2 amide bonds. The summed E-state index contributed by atoms with van der Waals surface area (Å²) in [6.07, 6.45) is 1.87. The van der Waals surface area contributed by atoms with E-state index >= 15 is 0 Å². The summed E-state index contributed by atoms with van der Waals surface area (Å²) in [4.78, 5) is 36.0. The first kappa shape index (κ1) is 30.6. The number of carbonyl (C=O) groups is 3. The van der Waals surface area contributed by atoms with Crippen LogP contribution >= 0.6 is 0 Å². The number of benzene rings is 1. The lowest BCUT2D eigenvalue weighted by molar-refractivity contribution is -0.131. The van der Waals surface area contributed by atoms with Gasteiger partial charge in [0.05, 0.1) is 37.4 Å². The molecule has 0 aromatic heterocycles. The second-order valence-electron chi connectivity index (χ2n) is 7.61. The van der Waals surface area contributed by atoms with Gasteiger partial charge in [0.25, 0.3) is 5.91 Å². The summed E-state index contributed by atoms with van der Waals surface area (Å²) >= 11 is 0. The van der Waals surface area contributed by atoms with Gasteiger partial charge in [-0.2, -0.15) is 0 Å². The average Bonchev–Trinajstić information content (AvgIpc) is 2.83. The topological polar surface area (TPSA) is 232 Å². The smallest absolute Gasteiger partial charge is 0.251 e. The van der Waals surface area contributed by atoms with Crippen LogP contribution in [-0.2, 0) is 29.1 Å². The molecule has 0 spiro atoms. The number of amides is 2. The Bertz CT molecular complexity index is 911. The third-order valence-electron chi connectivity index (χ3n) is 4.82. The second kappa shape index (κ2) is 16.3. The van der Waals surface area contributed by atoms with Gasteiger partial charge in [0.15, 0.2) is 5.78 Å². The second-order valence-corrected chi connectivity index (χ2v) is 9.17. The number of sulfonamides is 1. The van der Waals surface area contributed by atoms with Gasteiger partial charge >= 0.3 is 0 Å². The first-order valence-electron chi connectivity index (χ1n) is 11.2. The molecule has 0 fully saturated rings. The maximum Gasteiger partial charge on any atom is 0.251 e. The molecule has 0 bridgehead atoms. The third kappa shape index (κ3) is 12.2. The van der Waals surface area contributed by atoms with Gasteiger partial charge < -0.3 is 37.3 Å². The molecule has 0 heterocycles. The molecular weight excluding hydrogens is 480 g/mol. The van der Waals surface area contributed by atoms with E-state index in [1.54, 1.807) is 0 Å². The SMILES string of the molecule is NCCCCC(N)C(=O)[C@@H](N)C(=O)NCCOCCOCCNC(=O)c1ccc(S(N)(=O)=O)cc1. The normalized spacial score (nSPS) is 13.1. The van der Waals surface area contributed by atoms with Crippen LogP contribution in [0.5, 0.6) is 0 Å². The van der Waals surface area contributed by atoms with Crippen molar-refractivity contribution in [3.63, 3.8) is 0 Å². The van der Waals surface area contributed by atoms with Crippen LogP contribution in [0.2, 0.25) is 0 Å². The fourth-order valence-electron chi connectivity index (χ4n) is 2.82. The quantitative estimate of drug-likeness (QED) is 0.0891. The standard InChI is InChI=1S/C21H36N6O7S/c22-8-2-1-3-17(23)19(28)18(24)21(30)27-10-12-34-14-13-33-11-9-26-20(29)15-4-6-16(7-5-15)35(25,31)32/h4-7,17-18H,1-3,8-14,22-24H2,(H,26,29)(H,27,30)(H2,25,31,32)/t17?,18-/m1/s1. The van der Waals surface area contributed by atoms with Gasteiger partial charge in [-0.3, -0.25) is 14.4 Å². The highest BCUT2D eigenvalue weighted by Gasteiger charge is 2.26. The maximum atomic E-state index is 12.1. The number of ketones is 1. The summed E-state index contributed by atoms with van der Waals surface area (Å²) in [6, 6.07) is 3.12. The Morgan fingerprint density at radius 2 is 1.46 bits per heavy atom. The van der Waals surface area contributed by atoms with Gasteiger partial charge in [0.1, 0.15) is 6.04 Å². The Morgan fingerprint density at radius 3 is 2.00 bits per heavy atom. The molecule has 1 unspecified atom stereocenters. The molecule has 13 nitrogen and oxygen atoms in total. The molecule has 1 rings (SSSR count). The van der Waals surface area contributed by atoms with Crippen molar-refractivity contribution in [3.05, 3.63) is 29.8 Å². The van der Waals surface area contributed by atoms with E-state index in [-0.39, 0.29) is 55.9 Å². The highest BCUT2D eigenvalue weighted by molar-refractivity contribution is 7.89. The van der Waals surface area contributed by atoms with Gasteiger partial charge in [0.2, 0.25) is 15.9 Å². The molecule has 0 aliphatic heterocycles. The third-order valence-corrected chi connectivity index (χ3v) is 5.75. The van der Waals surface area contributed by atoms with E-state index in [0.29, 0.717) is 19.4 Å². The van der Waals surface area contributed by atoms with Crippen LogP contribution in [0.15, 0.2) is 29.2 Å². The lowest BCUT2D eigenvalue weighted by atomic mass is 10.0. The van der Waals surface area contributed by atoms with E-state index in [1.807, 2.05) is 0 Å². The molecule has 0 aliphatic rings. The van der Waals surface area contributed by atoms with Crippen LogP contribution in [0.1, 0.15) is 29.6 Å². The van der Waals surface area contributed by atoms with E-state index < -0.39 is 33.8 Å². The van der Waals surface area contributed by atoms with Crippen LogP contribution < -0.4 is 33.0 Å². The lowest BCUT2D eigenvalue weighted by Crippen LogP contribution is -2.52. The van der Waals surface area contributed by atoms with Gasteiger partial charge in [-0.05, 0) is 43.7 Å². The molecule has 0 saturated carbocycles. The number of primary sulfonamides is 1. The van der Waals surface area contributed by atoms with Crippen molar-refractivity contribution in [3.8, 4) is 0 Å². The van der Waals surface area contributed by atoms with Crippen LogP contribution in [0.4, 0.5) is 0 Å². The molecular formula is C21H36N6O7S. The number of carbonyl (C=O) groups excluding carboxylic acids is 3. The van der Waals surface area contributed by atoms with E-state index in [2.05, 4.69) is 10.6 Å². The first-order chi connectivity index (χ1) is 16.6. The molecule has 2 atom stereocenters. The van der Waals surface area contributed by atoms with Crippen molar-refractivity contribution in [2.45, 2.75) is 36.2 Å². The summed E-state index contributed by atoms with van der Waals surface area (Å²) in [7, 11) is -3.81. The molecule has 0 radical (unpaired) electrons. The first-order valence-corrected chi connectivity index (χ1v) is 12.7. The fourth-order valence-corrected chi connectivity index (χ4v) is 3.34. The molecule has 0 saturated heterocycles. The zero-order valence-electron chi connectivity index (χ0n) is 19.6. The Balaban J connectivity index is 2.09. The van der Waals surface area contributed by atoms with Gasteiger partial charge in [-0.1, -0.05) is 6.42 Å². The van der Waals surface area contributed by atoms with Crippen LogP contribution in [-0.4, -0.2) is 84.2 Å². The fraction of sp³-hybridized carbons (Fsp3) is 0.571. The lowest BCUT2D eigenvalue weighted by Gasteiger charge is -2.16. The van der Waals surface area contributed by atoms with E-state index in [0.717, 1.165) is 6.42 Å². The largest absolute Gasteiger partial charge is 0.377 e. The van der Waals surface area contributed by atoms with E-state index in [1.165, 1.54) is 24.3 Å². The van der Waals surface area contributed by atoms with Crippen molar-refractivity contribution >= 4 is 27.6 Å². The summed E-state index contributed by atoms with van der Waals surface area (Å²) in [5.74, 6) is -1.50. The minimum absolute atomic E-state index is 0.0773. The van der Waals surface area contributed by atoms with Gasteiger partial charge in [-0.15, -0.1) is 0 Å². The molecule has 1 aromatic rings. The molecule has 14 heteroatoms. The number of unbranched alkanes of at least 4 members (excludes halogenated alkanes) is 1. The van der Waals surface area contributed by atoms with Gasteiger partial charge in [0, 0.05) is 18.7 Å². The van der Waals surface area contributed by atoms with Crippen LogP contribution in [0.25, 0.3) is 0 Å². The number of ether oxygens (including phenoxy) is 2. The minimum atomic E-state index is -3.81. The van der Waals surface area contributed by atoms with Crippen molar-refractivity contribution < 1.29 is 32.3 Å². The number of rotatable bonds is 18. The number of hydrogen-bond acceptors (Lipinski definition) is 10. The molecule has 10 N–H and O–H groups in total. The molecule has 0 aliphatic carbocycles. The van der Waals surface area contributed by atoms with Crippen molar-refractivity contribution in [2.75, 3.05) is 46.1 Å². The summed E-state index contributed by atoms with van der Waals surface area (Å²) in [5, 5.41) is 10.2. The maximum absolute atomic E-state index is 12.1. The zero-order chi connectivity index (χ0) is 26.3.